The molecular weight excluding hydrogens is 186 g/mol. The van der Waals surface area contributed by atoms with Crippen LogP contribution in [0.5, 0.6) is 0 Å². The second-order valence-corrected chi connectivity index (χ2v) is 5.77. The van der Waals surface area contributed by atoms with Gasteiger partial charge in [-0.15, -0.1) is 6.58 Å². The number of hydrogen-bond donors (Lipinski definition) is 1. The Hall–Kier alpha value is -0.350. The molecule has 0 rings (SSSR count). The van der Waals surface area contributed by atoms with Gasteiger partial charge in [0.15, 0.2) is 0 Å². The monoisotopic (exact) mass is 205 g/mol. The van der Waals surface area contributed by atoms with Gasteiger partial charge in [-0.2, -0.15) is 0 Å². The lowest BCUT2D eigenvalue weighted by Crippen LogP contribution is -2.38. The minimum absolute atomic E-state index is 0.00458. The van der Waals surface area contributed by atoms with Crippen molar-refractivity contribution < 1.29 is 8.42 Å². The van der Waals surface area contributed by atoms with Crippen LogP contribution in [0.15, 0.2) is 12.7 Å². The largest absolute Gasteiger partial charge is 0.310 e. The fraction of sp³-hybridized carbons (Fsp3) is 0.778. The van der Waals surface area contributed by atoms with E-state index < -0.39 is 9.84 Å². The van der Waals surface area contributed by atoms with Crippen molar-refractivity contribution in [2.45, 2.75) is 32.4 Å². The van der Waals surface area contributed by atoms with Crippen LogP contribution < -0.4 is 5.32 Å². The van der Waals surface area contributed by atoms with Gasteiger partial charge in [-0.1, -0.05) is 6.08 Å². The zero-order valence-corrected chi connectivity index (χ0v) is 9.39. The van der Waals surface area contributed by atoms with Gasteiger partial charge in [-0.25, -0.2) is 8.42 Å². The summed E-state index contributed by atoms with van der Waals surface area (Å²) in [5.74, 6) is 0.189. The number of hydrogen-bond acceptors (Lipinski definition) is 3. The van der Waals surface area contributed by atoms with Crippen molar-refractivity contribution in [3.05, 3.63) is 12.7 Å². The van der Waals surface area contributed by atoms with Crippen LogP contribution in [-0.2, 0) is 9.84 Å². The minimum atomic E-state index is -2.87. The minimum Gasteiger partial charge on any atom is -0.310 e. The normalized spacial score (nSPS) is 16.5. The summed E-state index contributed by atoms with van der Waals surface area (Å²) >= 11 is 0. The molecule has 2 atom stereocenters. The molecule has 0 radical (unpaired) electrons. The molecule has 3 nitrogen and oxygen atoms in total. The van der Waals surface area contributed by atoms with Crippen molar-refractivity contribution in [1.82, 2.24) is 5.32 Å². The highest BCUT2D eigenvalue weighted by atomic mass is 32.2. The Balaban J connectivity index is 3.87. The lowest BCUT2D eigenvalue weighted by Gasteiger charge is -2.17. The Kier molecular flexibility index (Phi) is 5.25. The van der Waals surface area contributed by atoms with Crippen LogP contribution >= 0.6 is 0 Å². The molecule has 2 unspecified atom stereocenters. The molecule has 0 aromatic carbocycles. The van der Waals surface area contributed by atoms with Gasteiger partial charge in [0.1, 0.15) is 9.84 Å². The smallest absolute Gasteiger partial charge is 0.148 e. The van der Waals surface area contributed by atoms with Crippen molar-refractivity contribution >= 4 is 9.84 Å². The van der Waals surface area contributed by atoms with Gasteiger partial charge in [0.05, 0.1) is 5.75 Å². The maximum absolute atomic E-state index is 10.9. The van der Waals surface area contributed by atoms with E-state index in [4.69, 9.17) is 0 Å². The summed E-state index contributed by atoms with van der Waals surface area (Å²) in [7, 11) is -2.87. The molecule has 0 bridgehead atoms. The molecular formula is C9H19NO2S. The molecule has 78 valence electrons. The van der Waals surface area contributed by atoms with Crippen molar-refractivity contribution in [1.29, 1.82) is 0 Å². The highest BCUT2D eigenvalue weighted by Crippen LogP contribution is 1.96. The fourth-order valence-electron chi connectivity index (χ4n) is 1.31. The summed E-state index contributed by atoms with van der Waals surface area (Å²) in [5.41, 5.74) is 0. The molecule has 1 N–H and O–H groups in total. The van der Waals surface area contributed by atoms with E-state index in [0.717, 1.165) is 6.42 Å². The number of sulfone groups is 1. The highest BCUT2D eigenvalue weighted by Gasteiger charge is 2.11. The molecule has 0 aromatic heterocycles. The summed E-state index contributed by atoms with van der Waals surface area (Å²) in [6.07, 6.45) is 3.93. The standard InChI is InChI=1S/C9H19NO2S/c1-5-6-8(2)10-9(3)7-13(4,11)12/h5,8-10H,1,6-7H2,2-4H3. The lowest BCUT2D eigenvalue weighted by molar-refractivity contribution is 0.489. The van der Waals surface area contributed by atoms with Crippen LogP contribution in [0.2, 0.25) is 0 Å². The quantitative estimate of drug-likeness (QED) is 0.657. The molecule has 0 saturated carbocycles. The van der Waals surface area contributed by atoms with Crippen LogP contribution in [0.25, 0.3) is 0 Å². The molecule has 0 heterocycles. The van der Waals surface area contributed by atoms with Crippen LogP contribution in [0.3, 0.4) is 0 Å². The molecule has 0 aliphatic carbocycles. The van der Waals surface area contributed by atoms with E-state index in [9.17, 15) is 8.42 Å². The van der Waals surface area contributed by atoms with Gasteiger partial charge in [-0.3, -0.25) is 0 Å². The highest BCUT2D eigenvalue weighted by molar-refractivity contribution is 7.90. The van der Waals surface area contributed by atoms with Gasteiger partial charge in [0, 0.05) is 18.3 Å². The predicted octanol–water partition coefficient (Wildman–Crippen LogP) is 0.974. The molecule has 0 aromatic rings. The Labute approximate surface area is 81.1 Å². The molecule has 0 saturated heterocycles. The molecule has 0 fully saturated rings. The third kappa shape index (κ3) is 7.99. The first kappa shape index (κ1) is 12.7. The topological polar surface area (TPSA) is 46.2 Å². The second-order valence-electron chi connectivity index (χ2n) is 3.59. The van der Waals surface area contributed by atoms with Crippen molar-refractivity contribution in [2.75, 3.05) is 12.0 Å². The Morgan fingerprint density at radius 1 is 1.38 bits per heavy atom. The van der Waals surface area contributed by atoms with E-state index in [1.807, 2.05) is 19.9 Å². The van der Waals surface area contributed by atoms with Gasteiger partial charge in [-0.05, 0) is 20.3 Å². The first-order chi connectivity index (χ1) is 5.85. The average Bonchev–Trinajstić information content (AvgIpc) is 1.81. The van der Waals surface area contributed by atoms with Gasteiger partial charge < -0.3 is 5.32 Å². The van der Waals surface area contributed by atoms with Gasteiger partial charge >= 0.3 is 0 Å². The Morgan fingerprint density at radius 3 is 2.31 bits per heavy atom. The van der Waals surface area contributed by atoms with Crippen molar-refractivity contribution in [3.8, 4) is 0 Å². The van der Waals surface area contributed by atoms with Crippen LogP contribution in [0.1, 0.15) is 20.3 Å². The van der Waals surface area contributed by atoms with Crippen molar-refractivity contribution in [3.63, 3.8) is 0 Å². The molecule has 0 aliphatic heterocycles. The zero-order chi connectivity index (χ0) is 10.5. The van der Waals surface area contributed by atoms with E-state index in [2.05, 4.69) is 11.9 Å². The van der Waals surface area contributed by atoms with E-state index >= 15 is 0 Å². The summed E-state index contributed by atoms with van der Waals surface area (Å²) in [4.78, 5) is 0. The predicted molar refractivity (Wildman–Crippen MR) is 56.6 cm³/mol. The van der Waals surface area contributed by atoms with E-state index in [1.54, 1.807) is 0 Å². The molecule has 0 spiro atoms. The Bertz CT molecular complexity index is 246. The zero-order valence-electron chi connectivity index (χ0n) is 8.58. The van der Waals surface area contributed by atoms with Crippen LogP contribution in [0, 0.1) is 0 Å². The summed E-state index contributed by atoms with van der Waals surface area (Å²) < 4.78 is 21.8. The maximum atomic E-state index is 10.9. The van der Waals surface area contributed by atoms with Gasteiger partial charge in [0.2, 0.25) is 0 Å². The molecule has 13 heavy (non-hydrogen) atoms. The van der Waals surface area contributed by atoms with E-state index in [-0.39, 0.29) is 17.8 Å². The number of nitrogens with one attached hydrogen (secondary N) is 1. The third-order valence-electron chi connectivity index (χ3n) is 1.64. The molecule has 4 heteroatoms. The van der Waals surface area contributed by atoms with Gasteiger partial charge in [0.25, 0.3) is 0 Å². The number of rotatable bonds is 6. The SMILES string of the molecule is C=CCC(C)NC(C)CS(C)(=O)=O. The third-order valence-corrected chi connectivity index (χ3v) is 2.75. The van der Waals surface area contributed by atoms with E-state index in [1.165, 1.54) is 6.26 Å². The summed E-state index contributed by atoms with van der Waals surface area (Å²) in [5, 5.41) is 3.19. The van der Waals surface area contributed by atoms with E-state index in [0.29, 0.717) is 0 Å². The Morgan fingerprint density at radius 2 is 1.92 bits per heavy atom. The molecule has 0 aliphatic rings. The second kappa shape index (κ2) is 5.40. The molecule has 0 amide bonds. The summed E-state index contributed by atoms with van der Waals surface area (Å²) in [6.45, 7) is 7.51. The first-order valence-electron chi connectivity index (χ1n) is 4.40. The summed E-state index contributed by atoms with van der Waals surface area (Å²) in [6, 6.07) is 0.291. The van der Waals surface area contributed by atoms with Crippen molar-refractivity contribution in [2.24, 2.45) is 0 Å². The maximum Gasteiger partial charge on any atom is 0.148 e. The fourth-order valence-corrected chi connectivity index (χ4v) is 2.31. The lowest BCUT2D eigenvalue weighted by atomic mass is 10.2. The van der Waals surface area contributed by atoms with Crippen LogP contribution in [-0.4, -0.2) is 32.5 Å². The first-order valence-corrected chi connectivity index (χ1v) is 6.46. The average molecular weight is 205 g/mol. The van der Waals surface area contributed by atoms with Crippen LogP contribution in [0.4, 0.5) is 0 Å².